The Labute approximate surface area is 115 Å². The number of rotatable bonds is 5. The second-order valence-electron chi connectivity index (χ2n) is 4.22. The number of carbonyl (C=O) groups excluding carboxylic acids is 3. The van der Waals surface area contributed by atoms with E-state index in [0.29, 0.717) is 11.1 Å². The predicted octanol–water partition coefficient (Wildman–Crippen LogP) is 0.323. The van der Waals surface area contributed by atoms with Gasteiger partial charge in [0.1, 0.15) is 6.04 Å². The van der Waals surface area contributed by atoms with Crippen LogP contribution in [0.25, 0.3) is 0 Å². The van der Waals surface area contributed by atoms with Crippen molar-refractivity contribution in [3.63, 3.8) is 0 Å². The van der Waals surface area contributed by atoms with Gasteiger partial charge in [-0.05, 0) is 19.1 Å². The summed E-state index contributed by atoms with van der Waals surface area (Å²) in [6.45, 7) is 1.33. The molecule has 0 saturated heterocycles. The van der Waals surface area contributed by atoms with E-state index in [1.807, 2.05) is 0 Å². The molecule has 3 amide bonds. The molecule has 1 atom stereocenters. The number of hydrogen-bond acceptors (Lipinski definition) is 5. The molecule has 1 aliphatic rings. The van der Waals surface area contributed by atoms with E-state index in [1.165, 1.54) is 14.0 Å². The van der Waals surface area contributed by atoms with Crippen LogP contribution in [0, 0.1) is 0 Å². The van der Waals surface area contributed by atoms with Crippen molar-refractivity contribution in [3.8, 4) is 0 Å². The Morgan fingerprint density at radius 3 is 2.30 bits per heavy atom. The van der Waals surface area contributed by atoms with E-state index in [-0.39, 0.29) is 6.79 Å². The molecule has 1 heterocycles. The van der Waals surface area contributed by atoms with Gasteiger partial charge < -0.3 is 4.74 Å². The van der Waals surface area contributed by atoms with Gasteiger partial charge >= 0.3 is 0 Å². The lowest BCUT2D eigenvalue weighted by atomic mass is 10.1. The molecule has 0 aliphatic carbocycles. The van der Waals surface area contributed by atoms with Gasteiger partial charge in [0.05, 0.1) is 11.1 Å². The smallest absolute Gasteiger partial charge is 0.266 e. The highest BCUT2D eigenvalue weighted by molar-refractivity contribution is 6.22. The number of carbonyl (C=O) groups is 3. The van der Waals surface area contributed by atoms with E-state index < -0.39 is 23.8 Å². The summed E-state index contributed by atoms with van der Waals surface area (Å²) in [4.78, 5) is 41.7. The van der Waals surface area contributed by atoms with Crippen LogP contribution in [0.4, 0.5) is 0 Å². The quantitative estimate of drug-likeness (QED) is 0.363. The highest BCUT2D eigenvalue weighted by Crippen LogP contribution is 2.24. The first-order valence-corrected chi connectivity index (χ1v) is 5.95. The maximum Gasteiger partial charge on any atom is 0.266 e. The summed E-state index contributed by atoms with van der Waals surface area (Å²) in [5.74, 6) is -1.57. The van der Waals surface area contributed by atoms with Crippen molar-refractivity contribution >= 4 is 17.7 Å². The van der Waals surface area contributed by atoms with Crippen molar-refractivity contribution < 1.29 is 24.0 Å². The lowest BCUT2D eigenvalue weighted by Gasteiger charge is -2.21. The topological polar surface area (TPSA) is 84.9 Å². The van der Waals surface area contributed by atoms with Crippen molar-refractivity contribution in [3.05, 3.63) is 35.4 Å². The monoisotopic (exact) mass is 278 g/mol. The Hall–Kier alpha value is -2.25. The fourth-order valence-corrected chi connectivity index (χ4v) is 1.92. The van der Waals surface area contributed by atoms with Gasteiger partial charge in [0.25, 0.3) is 17.7 Å². The maximum atomic E-state index is 12.1. The Morgan fingerprint density at radius 2 is 1.80 bits per heavy atom. The normalized spacial score (nSPS) is 15.2. The summed E-state index contributed by atoms with van der Waals surface area (Å²) >= 11 is 0. The summed E-state index contributed by atoms with van der Waals surface area (Å²) in [6, 6.07) is 5.47. The number of fused-ring (bicyclic) bond motifs is 1. The van der Waals surface area contributed by atoms with Gasteiger partial charge in [0.2, 0.25) is 0 Å². The lowest BCUT2D eigenvalue weighted by molar-refractivity contribution is -0.147. The molecule has 1 aromatic carbocycles. The van der Waals surface area contributed by atoms with Gasteiger partial charge in [0, 0.05) is 7.11 Å². The van der Waals surface area contributed by atoms with Gasteiger partial charge in [-0.1, -0.05) is 12.1 Å². The van der Waals surface area contributed by atoms with E-state index in [4.69, 9.17) is 4.84 Å². The zero-order chi connectivity index (χ0) is 14.7. The van der Waals surface area contributed by atoms with Gasteiger partial charge in [-0.3, -0.25) is 19.3 Å². The zero-order valence-electron chi connectivity index (χ0n) is 11.1. The number of benzene rings is 1. The van der Waals surface area contributed by atoms with Gasteiger partial charge in [-0.15, -0.1) is 0 Å². The van der Waals surface area contributed by atoms with E-state index in [9.17, 15) is 14.4 Å². The highest BCUT2D eigenvalue weighted by Gasteiger charge is 2.40. The minimum absolute atomic E-state index is 0.124. The molecule has 20 heavy (non-hydrogen) atoms. The third-order valence-electron chi connectivity index (χ3n) is 2.94. The van der Waals surface area contributed by atoms with E-state index in [0.717, 1.165) is 4.90 Å². The number of nitrogens with one attached hydrogen (secondary N) is 1. The number of imide groups is 1. The summed E-state index contributed by atoms with van der Waals surface area (Å²) in [6.07, 6.45) is 0. The molecule has 0 aromatic heterocycles. The van der Waals surface area contributed by atoms with Crippen LogP contribution < -0.4 is 5.48 Å². The van der Waals surface area contributed by atoms with Gasteiger partial charge in [-0.25, -0.2) is 10.3 Å². The molecule has 0 bridgehead atoms. The van der Waals surface area contributed by atoms with Crippen LogP contribution in [-0.4, -0.2) is 42.6 Å². The third kappa shape index (κ3) is 2.40. The maximum absolute atomic E-state index is 12.1. The second-order valence-corrected chi connectivity index (χ2v) is 4.22. The summed E-state index contributed by atoms with van der Waals surface area (Å²) in [5.41, 5.74) is 2.72. The number of ether oxygens (including phenoxy) is 1. The molecule has 1 aliphatic heterocycles. The molecule has 0 radical (unpaired) electrons. The van der Waals surface area contributed by atoms with Crippen LogP contribution in [0.2, 0.25) is 0 Å². The van der Waals surface area contributed by atoms with Crippen LogP contribution in [0.5, 0.6) is 0 Å². The SMILES string of the molecule is COCONC(=O)C(C)N1C(=O)c2ccccc2C1=O. The average Bonchev–Trinajstić information content (AvgIpc) is 2.71. The molecule has 0 fully saturated rings. The van der Waals surface area contributed by atoms with E-state index >= 15 is 0 Å². The molecule has 2 rings (SSSR count). The molecule has 7 nitrogen and oxygen atoms in total. The third-order valence-corrected chi connectivity index (χ3v) is 2.94. The van der Waals surface area contributed by atoms with Gasteiger partial charge in [0.15, 0.2) is 6.79 Å². The first kappa shape index (κ1) is 14.2. The molecule has 1 N–H and O–H groups in total. The van der Waals surface area contributed by atoms with Crippen LogP contribution in [0.15, 0.2) is 24.3 Å². The zero-order valence-corrected chi connectivity index (χ0v) is 11.1. The van der Waals surface area contributed by atoms with E-state index in [2.05, 4.69) is 10.2 Å². The first-order valence-electron chi connectivity index (χ1n) is 5.95. The minimum atomic E-state index is -0.973. The van der Waals surface area contributed by atoms with Crippen molar-refractivity contribution in [2.45, 2.75) is 13.0 Å². The largest absolute Gasteiger partial charge is 0.356 e. The van der Waals surface area contributed by atoms with Crippen LogP contribution in [-0.2, 0) is 14.4 Å². The van der Waals surface area contributed by atoms with Crippen molar-refractivity contribution in [1.82, 2.24) is 10.4 Å². The Morgan fingerprint density at radius 1 is 1.25 bits per heavy atom. The molecule has 0 spiro atoms. The Balaban J connectivity index is 2.13. The number of hydroxylamine groups is 1. The number of methoxy groups -OCH3 is 1. The average molecular weight is 278 g/mol. The molecule has 0 saturated carbocycles. The Kier molecular flexibility index (Phi) is 4.11. The molecule has 1 aromatic rings. The molecular formula is C13H14N2O5. The molecular weight excluding hydrogens is 264 g/mol. The van der Waals surface area contributed by atoms with Crippen LogP contribution in [0.1, 0.15) is 27.6 Å². The fourth-order valence-electron chi connectivity index (χ4n) is 1.92. The van der Waals surface area contributed by atoms with Crippen molar-refractivity contribution in [2.24, 2.45) is 0 Å². The number of nitrogens with zero attached hydrogens (tertiary/aromatic N) is 1. The Bertz CT molecular complexity index is 522. The molecule has 7 heteroatoms. The number of amides is 3. The standard InChI is InChI=1S/C13H14N2O5/c1-8(11(16)14-20-7-19-2)15-12(17)9-5-3-4-6-10(9)13(15)18/h3-6,8H,7H2,1-2H3,(H,14,16). The van der Waals surface area contributed by atoms with Crippen LogP contribution in [0.3, 0.4) is 0 Å². The lowest BCUT2D eigenvalue weighted by Crippen LogP contribution is -2.47. The van der Waals surface area contributed by atoms with E-state index in [1.54, 1.807) is 24.3 Å². The fraction of sp³-hybridized carbons (Fsp3) is 0.308. The number of hydrogen-bond donors (Lipinski definition) is 1. The molecule has 1 unspecified atom stereocenters. The summed E-state index contributed by atoms with van der Waals surface area (Å²) in [5, 5.41) is 0. The summed E-state index contributed by atoms with van der Waals surface area (Å²) in [7, 11) is 1.40. The summed E-state index contributed by atoms with van der Waals surface area (Å²) < 4.78 is 4.61. The first-order chi connectivity index (χ1) is 9.57. The highest BCUT2D eigenvalue weighted by atomic mass is 16.8. The predicted molar refractivity (Wildman–Crippen MR) is 67.5 cm³/mol. The van der Waals surface area contributed by atoms with Crippen molar-refractivity contribution in [1.29, 1.82) is 0 Å². The second kappa shape index (κ2) is 5.81. The van der Waals surface area contributed by atoms with Crippen molar-refractivity contribution in [2.75, 3.05) is 13.9 Å². The van der Waals surface area contributed by atoms with Crippen LogP contribution >= 0.6 is 0 Å². The minimum Gasteiger partial charge on any atom is -0.356 e. The van der Waals surface area contributed by atoms with Gasteiger partial charge in [-0.2, -0.15) is 0 Å². The molecule has 106 valence electrons.